The Morgan fingerprint density at radius 3 is 2.78 bits per heavy atom. The highest BCUT2D eigenvalue weighted by atomic mass is 35.5. The van der Waals surface area contributed by atoms with Crippen LogP contribution in [0, 0.1) is 6.92 Å². The zero-order valence-corrected chi connectivity index (χ0v) is 13.7. The second-order valence-electron chi connectivity index (χ2n) is 5.84. The molecule has 0 spiro atoms. The van der Waals surface area contributed by atoms with E-state index < -0.39 is 6.10 Å². The van der Waals surface area contributed by atoms with Crippen LogP contribution in [0.25, 0.3) is 11.3 Å². The Morgan fingerprint density at radius 1 is 1.26 bits per heavy atom. The number of hydrogen-bond donors (Lipinski definition) is 1. The van der Waals surface area contributed by atoms with E-state index in [0.717, 1.165) is 29.7 Å². The lowest BCUT2D eigenvalue weighted by molar-refractivity contribution is -0.117. The molecule has 118 valence electrons. The van der Waals surface area contributed by atoms with Crippen molar-refractivity contribution in [1.29, 1.82) is 0 Å². The van der Waals surface area contributed by atoms with Crippen LogP contribution in [0.15, 0.2) is 48.2 Å². The van der Waals surface area contributed by atoms with Crippen LogP contribution in [0.5, 0.6) is 0 Å². The van der Waals surface area contributed by atoms with Crippen LogP contribution in [0.3, 0.4) is 0 Å². The number of pyridine rings is 1. The van der Waals surface area contributed by atoms with Gasteiger partial charge in [-0.1, -0.05) is 35.4 Å². The second kappa shape index (κ2) is 6.65. The number of ketones is 1. The highest BCUT2D eigenvalue weighted by molar-refractivity contribution is 6.33. The van der Waals surface area contributed by atoms with Gasteiger partial charge in [0.05, 0.1) is 5.69 Å². The number of nitrogens with zero attached hydrogens (tertiary/aromatic N) is 1. The van der Waals surface area contributed by atoms with Crippen molar-refractivity contribution in [2.45, 2.75) is 32.3 Å². The van der Waals surface area contributed by atoms with E-state index in [4.69, 9.17) is 11.6 Å². The van der Waals surface area contributed by atoms with Crippen LogP contribution in [0.2, 0.25) is 5.02 Å². The predicted molar refractivity (Wildman–Crippen MR) is 91.3 cm³/mol. The summed E-state index contributed by atoms with van der Waals surface area (Å²) in [4.78, 5) is 16.3. The van der Waals surface area contributed by atoms with Gasteiger partial charge in [-0.2, -0.15) is 0 Å². The number of aromatic nitrogens is 1. The molecule has 1 unspecified atom stereocenters. The average Bonchev–Trinajstić information content (AvgIpc) is 2.57. The first-order valence-corrected chi connectivity index (χ1v) is 8.08. The summed E-state index contributed by atoms with van der Waals surface area (Å²) in [5, 5.41) is 11.1. The number of carbonyl (C=O) groups is 1. The highest BCUT2D eigenvalue weighted by Gasteiger charge is 2.22. The maximum atomic E-state index is 11.9. The van der Waals surface area contributed by atoms with E-state index in [0.29, 0.717) is 22.6 Å². The van der Waals surface area contributed by atoms with Gasteiger partial charge in [0.2, 0.25) is 0 Å². The molecule has 1 N–H and O–H groups in total. The number of Topliss-reactive ketones (excluding diaryl/α,β-unsaturated/α-hetero) is 1. The zero-order valence-electron chi connectivity index (χ0n) is 12.9. The third-order valence-electron chi connectivity index (χ3n) is 4.09. The van der Waals surface area contributed by atoms with Crippen molar-refractivity contribution in [3.8, 4) is 11.3 Å². The fourth-order valence-electron chi connectivity index (χ4n) is 2.78. The maximum Gasteiger partial charge on any atom is 0.161 e. The second-order valence-corrected chi connectivity index (χ2v) is 6.24. The van der Waals surface area contributed by atoms with Gasteiger partial charge in [0, 0.05) is 34.3 Å². The number of aliphatic hydroxyl groups is 1. The van der Waals surface area contributed by atoms with Crippen molar-refractivity contribution in [2.24, 2.45) is 0 Å². The molecular formula is C19H18ClNO2. The molecule has 2 aromatic rings. The molecule has 0 amide bonds. The minimum atomic E-state index is -0.905. The molecule has 4 heteroatoms. The summed E-state index contributed by atoms with van der Waals surface area (Å²) >= 11 is 6.23. The largest absolute Gasteiger partial charge is 0.383 e. The first kappa shape index (κ1) is 15.9. The molecule has 0 bridgehead atoms. The lowest BCUT2D eigenvalue weighted by Crippen LogP contribution is -2.14. The van der Waals surface area contributed by atoms with Crippen LogP contribution in [0.4, 0.5) is 0 Å². The van der Waals surface area contributed by atoms with Gasteiger partial charge in [-0.3, -0.25) is 9.78 Å². The third kappa shape index (κ3) is 3.36. The van der Waals surface area contributed by atoms with Gasteiger partial charge in [-0.05, 0) is 38.0 Å². The molecule has 1 aromatic heterocycles. The highest BCUT2D eigenvalue weighted by Crippen LogP contribution is 2.30. The molecule has 1 aromatic carbocycles. The number of rotatable bonds is 3. The molecule has 1 aliphatic rings. The van der Waals surface area contributed by atoms with Crippen molar-refractivity contribution in [1.82, 2.24) is 4.98 Å². The van der Waals surface area contributed by atoms with Gasteiger partial charge in [0.15, 0.2) is 5.78 Å². The first-order chi connectivity index (χ1) is 11.1. The van der Waals surface area contributed by atoms with Crippen LogP contribution >= 0.6 is 11.6 Å². The summed E-state index contributed by atoms with van der Waals surface area (Å²) in [7, 11) is 0. The minimum Gasteiger partial charge on any atom is -0.383 e. The van der Waals surface area contributed by atoms with E-state index in [1.165, 1.54) is 0 Å². The van der Waals surface area contributed by atoms with Crippen LogP contribution in [-0.2, 0) is 4.79 Å². The van der Waals surface area contributed by atoms with E-state index >= 15 is 0 Å². The Morgan fingerprint density at radius 2 is 2.09 bits per heavy atom. The molecule has 0 radical (unpaired) electrons. The number of carbonyl (C=O) groups excluding carboxylic acids is 1. The zero-order chi connectivity index (χ0) is 16.4. The molecular weight excluding hydrogens is 310 g/mol. The van der Waals surface area contributed by atoms with Gasteiger partial charge in [0.1, 0.15) is 6.10 Å². The number of halogens is 1. The Hall–Kier alpha value is -1.97. The van der Waals surface area contributed by atoms with E-state index in [1.54, 1.807) is 12.3 Å². The number of aliphatic hydroxyl groups excluding tert-OH is 1. The fraction of sp³-hybridized carbons (Fsp3) is 0.263. The van der Waals surface area contributed by atoms with Crippen molar-refractivity contribution in [3.63, 3.8) is 0 Å². The van der Waals surface area contributed by atoms with Gasteiger partial charge < -0.3 is 5.11 Å². The lowest BCUT2D eigenvalue weighted by atomic mass is 9.91. The number of allylic oxidation sites excluding steroid dienone is 1. The van der Waals surface area contributed by atoms with Gasteiger partial charge >= 0.3 is 0 Å². The molecule has 1 heterocycles. The Kier molecular flexibility index (Phi) is 4.60. The van der Waals surface area contributed by atoms with Crippen LogP contribution in [0.1, 0.15) is 36.5 Å². The minimum absolute atomic E-state index is 0.0227. The Bertz CT molecular complexity index is 765. The monoisotopic (exact) mass is 327 g/mol. The molecule has 1 atom stereocenters. The molecule has 0 fully saturated rings. The summed E-state index contributed by atoms with van der Waals surface area (Å²) in [6, 6.07) is 9.41. The molecule has 0 saturated heterocycles. The first-order valence-electron chi connectivity index (χ1n) is 7.70. The Balaban J connectivity index is 1.89. The maximum absolute atomic E-state index is 11.9. The summed E-state index contributed by atoms with van der Waals surface area (Å²) in [6.07, 6.45) is 4.74. The van der Waals surface area contributed by atoms with Gasteiger partial charge in [0.25, 0.3) is 0 Å². The average molecular weight is 328 g/mol. The molecule has 0 saturated carbocycles. The summed E-state index contributed by atoms with van der Waals surface area (Å²) < 4.78 is 0. The van der Waals surface area contributed by atoms with Crippen molar-refractivity contribution in [2.75, 3.05) is 0 Å². The molecule has 23 heavy (non-hydrogen) atoms. The van der Waals surface area contributed by atoms with Crippen molar-refractivity contribution in [3.05, 3.63) is 64.3 Å². The number of benzene rings is 1. The SMILES string of the molecule is Cc1ccc(Cl)c(-c2ccc(C(O)C3=CCCCC3=O)cn2)c1. The Labute approximate surface area is 140 Å². The van der Waals surface area contributed by atoms with Crippen LogP contribution < -0.4 is 0 Å². The summed E-state index contributed by atoms with van der Waals surface area (Å²) in [5.41, 5.74) is 3.82. The summed E-state index contributed by atoms with van der Waals surface area (Å²) in [6.45, 7) is 2.00. The standard InChI is InChI=1S/C19H18ClNO2/c1-12-6-8-16(20)15(10-12)17-9-7-13(11-21-17)19(23)14-4-2-3-5-18(14)22/h4,6-11,19,23H,2-3,5H2,1H3. The normalized spacial score (nSPS) is 16.1. The predicted octanol–water partition coefficient (Wildman–Crippen LogP) is 4.42. The lowest BCUT2D eigenvalue weighted by Gasteiger charge is -2.18. The van der Waals surface area contributed by atoms with Gasteiger partial charge in [-0.15, -0.1) is 0 Å². The van der Waals surface area contributed by atoms with Crippen molar-refractivity contribution < 1.29 is 9.90 Å². The van der Waals surface area contributed by atoms with E-state index in [-0.39, 0.29) is 5.78 Å². The van der Waals surface area contributed by atoms with Crippen LogP contribution in [-0.4, -0.2) is 15.9 Å². The molecule has 3 rings (SSSR count). The smallest absolute Gasteiger partial charge is 0.161 e. The molecule has 0 aliphatic heterocycles. The topological polar surface area (TPSA) is 50.2 Å². The van der Waals surface area contributed by atoms with E-state index in [1.807, 2.05) is 37.3 Å². The van der Waals surface area contributed by atoms with E-state index in [9.17, 15) is 9.90 Å². The molecule has 1 aliphatic carbocycles. The van der Waals surface area contributed by atoms with Gasteiger partial charge in [-0.25, -0.2) is 0 Å². The summed E-state index contributed by atoms with van der Waals surface area (Å²) in [5.74, 6) is 0.0227. The van der Waals surface area contributed by atoms with E-state index in [2.05, 4.69) is 4.98 Å². The quantitative estimate of drug-likeness (QED) is 0.907. The number of aryl methyl sites for hydroxylation is 1. The third-order valence-corrected chi connectivity index (χ3v) is 4.42. The van der Waals surface area contributed by atoms with Crippen molar-refractivity contribution >= 4 is 17.4 Å². The fourth-order valence-corrected chi connectivity index (χ4v) is 3.00. The number of hydrogen-bond acceptors (Lipinski definition) is 3. The molecule has 3 nitrogen and oxygen atoms in total.